The van der Waals surface area contributed by atoms with Gasteiger partial charge in [-0.2, -0.15) is 0 Å². The third-order valence-corrected chi connectivity index (χ3v) is 2.35. The van der Waals surface area contributed by atoms with Crippen LogP contribution in [0.5, 0.6) is 0 Å². The number of nitrogens with zero attached hydrogens (tertiary/aromatic N) is 1. The van der Waals surface area contributed by atoms with E-state index in [1.54, 1.807) is 6.26 Å². The molecule has 0 aliphatic carbocycles. The summed E-state index contributed by atoms with van der Waals surface area (Å²) >= 11 is 0. The Morgan fingerprint density at radius 1 is 1.20 bits per heavy atom. The minimum Gasteiger partial charge on any atom is -0.451 e. The predicted octanol–water partition coefficient (Wildman–Crippen LogP) is 2.23. The van der Waals surface area contributed by atoms with Crippen LogP contribution in [0.1, 0.15) is 12.0 Å². The first-order valence-corrected chi connectivity index (χ1v) is 5.08. The van der Waals surface area contributed by atoms with Crippen LogP contribution in [0, 0.1) is 0 Å². The van der Waals surface area contributed by atoms with E-state index in [1.807, 2.05) is 0 Å². The van der Waals surface area contributed by atoms with Crippen LogP contribution in [-0.4, -0.2) is 11.5 Å². The van der Waals surface area contributed by atoms with E-state index in [0.717, 1.165) is 30.6 Å². The lowest BCUT2D eigenvalue weighted by atomic mass is 10.1. The molecule has 0 unspecified atom stereocenters. The fourth-order valence-corrected chi connectivity index (χ4v) is 1.50. The highest BCUT2D eigenvalue weighted by atomic mass is 16.3. The lowest BCUT2D eigenvalue weighted by Gasteiger charge is -2.00. The van der Waals surface area contributed by atoms with E-state index >= 15 is 0 Å². The van der Waals surface area contributed by atoms with Gasteiger partial charge in [-0.1, -0.05) is 24.3 Å². The molecule has 2 aromatic rings. The fraction of sp³-hybridized carbons (Fsp3) is 0.250. The molecule has 0 amide bonds. The van der Waals surface area contributed by atoms with E-state index in [2.05, 4.69) is 29.2 Å². The second-order valence-corrected chi connectivity index (χ2v) is 3.46. The zero-order valence-electron chi connectivity index (χ0n) is 8.52. The molecule has 0 saturated carbocycles. The largest absolute Gasteiger partial charge is 0.451 e. The SMILES string of the molecule is NCCCc1ccc(-c2cocn2)cc1. The van der Waals surface area contributed by atoms with Crippen LogP contribution >= 0.6 is 0 Å². The van der Waals surface area contributed by atoms with Gasteiger partial charge >= 0.3 is 0 Å². The van der Waals surface area contributed by atoms with E-state index in [1.165, 1.54) is 12.0 Å². The maximum absolute atomic E-state index is 5.46. The predicted molar refractivity (Wildman–Crippen MR) is 59.3 cm³/mol. The van der Waals surface area contributed by atoms with Crippen LogP contribution in [-0.2, 0) is 6.42 Å². The van der Waals surface area contributed by atoms with Crippen molar-refractivity contribution in [3.8, 4) is 11.3 Å². The van der Waals surface area contributed by atoms with Crippen LogP contribution in [0.15, 0.2) is 41.3 Å². The molecule has 0 fully saturated rings. The molecule has 1 heterocycles. The molecule has 0 spiro atoms. The Kier molecular flexibility index (Phi) is 3.15. The molecule has 78 valence electrons. The molecular formula is C12H14N2O. The van der Waals surface area contributed by atoms with Crippen molar-refractivity contribution in [2.45, 2.75) is 12.8 Å². The molecule has 0 bridgehead atoms. The Bertz CT molecular complexity index is 392. The highest BCUT2D eigenvalue weighted by Gasteiger charge is 2.00. The highest BCUT2D eigenvalue weighted by molar-refractivity contribution is 5.57. The summed E-state index contributed by atoms with van der Waals surface area (Å²) in [4.78, 5) is 4.09. The van der Waals surface area contributed by atoms with Gasteiger partial charge in [0.1, 0.15) is 12.0 Å². The summed E-state index contributed by atoms with van der Waals surface area (Å²) in [7, 11) is 0. The number of benzene rings is 1. The van der Waals surface area contributed by atoms with Crippen LogP contribution in [0.3, 0.4) is 0 Å². The zero-order valence-corrected chi connectivity index (χ0v) is 8.52. The smallest absolute Gasteiger partial charge is 0.181 e. The van der Waals surface area contributed by atoms with Crippen molar-refractivity contribution in [3.63, 3.8) is 0 Å². The molecule has 0 aliphatic rings. The normalized spacial score (nSPS) is 10.5. The first kappa shape index (κ1) is 9.93. The molecule has 3 heteroatoms. The first-order valence-electron chi connectivity index (χ1n) is 5.08. The molecule has 1 aromatic heterocycles. The molecule has 15 heavy (non-hydrogen) atoms. The lowest BCUT2D eigenvalue weighted by molar-refractivity contribution is 0.558. The van der Waals surface area contributed by atoms with Crippen molar-refractivity contribution in [2.75, 3.05) is 6.54 Å². The van der Waals surface area contributed by atoms with Crippen molar-refractivity contribution in [1.29, 1.82) is 0 Å². The zero-order chi connectivity index (χ0) is 10.5. The summed E-state index contributed by atoms with van der Waals surface area (Å²) in [6.07, 6.45) is 5.16. The second kappa shape index (κ2) is 4.75. The Balaban J connectivity index is 2.11. The molecule has 0 radical (unpaired) electrons. The number of aryl methyl sites for hydroxylation is 1. The van der Waals surface area contributed by atoms with Gasteiger partial charge < -0.3 is 10.2 Å². The number of aromatic nitrogens is 1. The minimum absolute atomic E-state index is 0.741. The standard InChI is InChI=1S/C12H14N2O/c13-7-1-2-10-3-5-11(6-4-10)12-8-15-9-14-12/h3-6,8-9H,1-2,7,13H2. The van der Waals surface area contributed by atoms with E-state index in [4.69, 9.17) is 10.2 Å². The average Bonchev–Trinajstić information content (AvgIpc) is 2.80. The fourth-order valence-electron chi connectivity index (χ4n) is 1.50. The highest BCUT2D eigenvalue weighted by Crippen LogP contribution is 2.17. The molecule has 1 aromatic carbocycles. The molecule has 0 aliphatic heterocycles. The number of hydrogen-bond donors (Lipinski definition) is 1. The van der Waals surface area contributed by atoms with E-state index < -0.39 is 0 Å². The van der Waals surface area contributed by atoms with Gasteiger partial charge in [-0.3, -0.25) is 0 Å². The average molecular weight is 202 g/mol. The van der Waals surface area contributed by atoms with Gasteiger partial charge in [0.2, 0.25) is 0 Å². The summed E-state index contributed by atoms with van der Waals surface area (Å²) < 4.78 is 4.94. The summed E-state index contributed by atoms with van der Waals surface area (Å²) in [6, 6.07) is 8.34. The van der Waals surface area contributed by atoms with Crippen molar-refractivity contribution in [1.82, 2.24) is 4.98 Å². The van der Waals surface area contributed by atoms with Crippen molar-refractivity contribution in [3.05, 3.63) is 42.5 Å². The summed E-state index contributed by atoms with van der Waals surface area (Å²) in [5.74, 6) is 0. The van der Waals surface area contributed by atoms with E-state index in [0.29, 0.717) is 0 Å². The van der Waals surface area contributed by atoms with Gasteiger partial charge in [0.05, 0.1) is 0 Å². The van der Waals surface area contributed by atoms with Crippen LogP contribution in [0.25, 0.3) is 11.3 Å². The first-order chi connectivity index (χ1) is 7.40. The van der Waals surface area contributed by atoms with Crippen molar-refractivity contribution >= 4 is 0 Å². The third-order valence-electron chi connectivity index (χ3n) is 2.35. The van der Waals surface area contributed by atoms with Crippen LogP contribution in [0.4, 0.5) is 0 Å². The number of oxazole rings is 1. The second-order valence-electron chi connectivity index (χ2n) is 3.46. The lowest BCUT2D eigenvalue weighted by Crippen LogP contribution is -2.00. The van der Waals surface area contributed by atoms with Crippen LogP contribution < -0.4 is 5.73 Å². The molecule has 0 atom stereocenters. The Hall–Kier alpha value is -1.61. The Morgan fingerprint density at radius 3 is 2.60 bits per heavy atom. The van der Waals surface area contributed by atoms with Crippen LogP contribution in [0.2, 0.25) is 0 Å². The van der Waals surface area contributed by atoms with Gasteiger partial charge in [0.15, 0.2) is 6.39 Å². The summed E-state index contributed by atoms with van der Waals surface area (Å²) in [5.41, 5.74) is 8.73. The Morgan fingerprint density at radius 2 is 2.00 bits per heavy atom. The number of rotatable bonds is 4. The van der Waals surface area contributed by atoms with E-state index in [-0.39, 0.29) is 0 Å². The van der Waals surface area contributed by atoms with E-state index in [9.17, 15) is 0 Å². The third kappa shape index (κ3) is 2.44. The maximum atomic E-state index is 5.46. The monoisotopic (exact) mass is 202 g/mol. The number of hydrogen-bond acceptors (Lipinski definition) is 3. The van der Waals surface area contributed by atoms with Gasteiger partial charge in [-0.25, -0.2) is 4.98 Å². The maximum Gasteiger partial charge on any atom is 0.181 e. The van der Waals surface area contributed by atoms with Crippen molar-refractivity contribution < 1.29 is 4.42 Å². The van der Waals surface area contributed by atoms with Crippen molar-refractivity contribution in [2.24, 2.45) is 5.73 Å². The Labute approximate surface area is 88.9 Å². The summed E-state index contributed by atoms with van der Waals surface area (Å²) in [6.45, 7) is 0.741. The molecule has 3 nitrogen and oxygen atoms in total. The van der Waals surface area contributed by atoms with Gasteiger partial charge in [-0.15, -0.1) is 0 Å². The minimum atomic E-state index is 0.741. The molecule has 2 rings (SSSR count). The summed E-state index contributed by atoms with van der Waals surface area (Å²) in [5, 5.41) is 0. The van der Waals surface area contributed by atoms with Gasteiger partial charge in [0.25, 0.3) is 0 Å². The quantitative estimate of drug-likeness (QED) is 0.827. The van der Waals surface area contributed by atoms with Gasteiger partial charge in [-0.05, 0) is 24.9 Å². The van der Waals surface area contributed by atoms with Gasteiger partial charge in [0, 0.05) is 5.56 Å². The molecule has 2 N–H and O–H groups in total. The molecular weight excluding hydrogens is 188 g/mol. The molecule has 0 saturated heterocycles. The number of nitrogens with two attached hydrogens (primary N) is 1. The topological polar surface area (TPSA) is 52.0 Å².